The number of carbonyl (C=O) groups excluding carboxylic acids is 2. The predicted molar refractivity (Wildman–Crippen MR) is 102 cm³/mol. The van der Waals surface area contributed by atoms with E-state index in [-0.39, 0.29) is 11.8 Å². The Morgan fingerprint density at radius 2 is 1.92 bits per heavy atom. The lowest BCUT2D eigenvalue weighted by Crippen LogP contribution is -2.18. The highest BCUT2D eigenvalue weighted by atomic mass is 16.2. The minimum atomic E-state index is -0.366. The van der Waals surface area contributed by atoms with E-state index in [0.717, 1.165) is 10.9 Å². The summed E-state index contributed by atoms with van der Waals surface area (Å²) < 4.78 is 0. The van der Waals surface area contributed by atoms with E-state index in [0.29, 0.717) is 23.4 Å². The number of hydrogen-bond acceptors (Lipinski definition) is 4. The van der Waals surface area contributed by atoms with Crippen molar-refractivity contribution in [3.8, 4) is 0 Å². The molecule has 0 bridgehead atoms. The number of aromatic nitrogens is 1. The van der Waals surface area contributed by atoms with Gasteiger partial charge in [-0.25, -0.2) is 10.4 Å². The van der Waals surface area contributed by atoms with Crippen LogP contribution in [0.15, 0.2) is 65.8 Å². The number of anilines is 1. The van der Waals surface area contributed by atoms with Crippen molar-refractivity contribution in [2.75, 3.05) is 5.32 Å². The van der Waals surface area contributed by atoms with Gasteiger partial charge < -0.3 is 5.32 Å². The lowest BCUT2D eigenvalue weighted by atomic mass is 10.2. The van der Waals surface area contributed by atoms with Crippen LogP contribution in [0.3, 0.4) is 0 Å². The first-order valence-electron chi connectivity index (χ1n) is 8.25. The van der Waals surface area contributed by atoms with Crippen LogP contribution >= 0.6 is 0 Å². The number of carbonyl (C=O) groups is 2. The van der Waals surface area contributed by atoms with Crippen molar-refractivity contribution in [3.63, 3.8) is 0 Å². The topological polar surface area (TPSA) is 83.5 Å². The minimum absolute atomic E-state index is 0.108. The zero-order chi connectivity index (χ0) is 18.4. The molecule has 6 heteroatoms. The second-order valence-corrected chi connectivity index (χ2v) is 5.61. The number of rotatable bonds is 5. The third-order valence-electron chi connectivity index (χ3n) is 3.71. The quantitative estimate of drug-likeness (QED) is 0.549. The van der Waals surface area contributed by atoms with Gasteiger partial charge in [0.1, 0.15) is 0 Å². The highest BCUT2D eigenvalue weighted by Gasteiger charge is 2.06. The molecule has 0 unspecified atom stereocenters. The Balaban J connectivity index is 1.66. The van der Waals surface area contributed by atoms with Crippen LogP contribution in [0, 0.1) is 0 Å². The summed E-state index contributed by atoms with van der Waals surface area (Å²) >= 11 is 0. The molecule has 0 atom stereocenters. The molecule has 2 aromatic carbocycles. The third-order valence-corrected chi connectivity index (χ3v) is 3.71. The smallest absolute Gasteiger partial charge is 0.271 e. The molecule has 26 heavy (non-hydrogen) atoms. The van der Waals surface area contributed by atoms with Crippen LogP contribution in [0.1, 0.15) is 29.4 Å². The second kappa shape index (κ2) is 8.02. The lowest BCUT2D eigenvalue weighted by Gasteiger charge is -2.05. The summed E-state index contributed by atoms with van der Waals surface area (Å²) in [4.78, 5) is 28.1. The van der Waals surface area contributed by atoms with Gasteiger partial charge in [-0.05, 0) is 30.3 Å². The summed E-state index contributed by atoms with van der Waals surface area (Å²) in [6.45, 7) is 1.77. The number of para-hydroxylation sites is 1. The SMILES string of the molecule is CCC(=O)Nc1cccc(C(=O)N/N=C/c2ccc3ccccc3n2)c1. The lowest BCUT2D eigenvalue weighted by molar-refractivity contribution is -0.115. The van der Waals surface area contributed by atoms with Gasteiger partial charge in [-0.15, -0.1) is 0 Å². The van der Waals surface area contributed by atoms with Gasteiger partial charge in [0, 0.05) is 23.1 Å². The Morgan fingerprint density at radius 1 is 1.08 bits per heavy atom. The second-order valence-electron chi connectivity index (χ2n) is 5.61. The van der Waals surface area contributed by atoms with Crippen molar-refractivity contribution in [1.82, 2.24) is 10.4 Å². The maximum absolute atomic E-state index is 12.2. The normalized spacial score (nSPS) is 10.8. The number of pyridine rings is 1. The molecule has 0 spiro atoms. The summed E-state index contributed by atoms with van der Waals surface area (Å²) in [6.07, 6.45) is 1.87. The Kier molecular flexibility index (Phi) is 5.34. The van der Waals surface area contributed by atoms with E-state index in [2.05, 4.69) is 20.8 Å². The van der Waals surface area contributed by atoms with E-state index in [1.807, 2.05) is 36.4 Å². The largest absolute Gasteiger partial charge is 0.326 e. The van der Waals surface area contributed by atoms with Crippen molar-refractivity contribution in [1.29, 1.82) is 0 Å². The van der Waals surface area contributed by atoms with Crippen LogP contribution in [-0.2, 0) is 4.79 Å². The van der Waals surface area contributed by atoms with E-state index in [4.69, 9.17) is 0 Å². The van der Waals surface area contributed by atoms with Crippen LogP contribution in [0.25, 0.3) is 10.9 Å². The van der Waals surface area contributed by atoms with E-state index >= 15 is 0 Å². The fourth-order valence-corrected chi connectivity index (χ4v) is 2.36. The van der Waals surface area contributed by atoms with E-state index in [1.165, 1.54) is 6.21 Å². The van der Waals surface area contributed by atoms with Crippen molar-refractivity contribution >= 4 is 34.6 Å². The number of hydrogen-bond donors (Lipinski definition) is 2. The minimum Gasteiger partial charge on any atom is -0.326 e. The number of amides is 2. The molecule has 2 N–H and O–H groups in total. The van der Waals surface area contributed by atoms with Crippen molar-refractivity contribution in [3.05, 3.63) is 71.9 Å². The van der Waals surface area contributed by atoms with E-state index < -0.39 is 0 Å². The van der Waals surface area contributed by atoms with Gasteiger partial charge >= 0.3 is 0 Å². The fraction of sp³-hybridized carbons (Fsp3) is 0.100. The molecule has 6 nitrogen and oxygen atoms in total. The van der Waals surface area contributed by atoms with Gasteiger partial charge in [0.15, 0.2) is 0 Å². The molecule has 0 saturated heterocycles. The van der Waals surface area contributed by atoms with Gasteiger partial charge in [-0.1, -0.05) is 37.3 Å². The molecule has 0 fully saturated rings. The average molecular weight is 346 g/mol. The van der Waals surface area contributed by atoms with E-state index in [1.54, 1.807) is 31.2 Å². The molecule has 0 aliphatic rings. The van der Waals surface area contributed by atoms with Crippen molar-refractivity contribution in [2.45, 2.75) is 13.3 Å². The number of hydrazone groups is 1. The molecule has 0 aliphatic heterocycles. The summed E-state index contributed by atoms with van der Waals surface area (Å²) in [6, 6.07) is 18.2. The first-order valence-corrected chi connectivity index (χ1v) is 8.25. The molecule has 2 amide bonds. The van der Waals surface area contributed by atoms with Crippen LogP contribution < -0.4 is 10.7 Å². The molecular weight excluding hydrogens is 328 g/mol. The molecule has 1 heterocycles. The maximum Gasteiger partial charge on any atom is 0.271 e. The molecule has 1 aromatic heterocycles. The Labute approximate surface area is 151 Å². The van der Waals surface area contributed by atoms with Gasteiger partial charge in [0.25, 0.3) is 5.91 Å². The molecule has 0 aliphatic carbocycles. The van der Waals surface area contributed by atoms with Gasteiger partial charge in [0.05, 0.1) is 17.4 Å². The zero-order valence-electron chi connectivity index (χ0n) is 14.3. The summed E-state index contributed by atoms with van der Waals surface area (Å²) in [5, 5.41) is 7.72. The van der Waals surface area contributed by atoms with Crippen LogP contribution in [-0.4, -0.2) is 23.0 Å². The zero-order valence-corrected chi connectivity index (χ0v) is 14.3. The number of nitrogens with one attached hydrogen (secondary N) is 2. The number of fused-ring (bicyclic) bond motifs is 1. The molecule has 0 radical (unpaired) electrons. The van der Waals surface area contributed by atoms with Gasteiger partial charge in [-0.2, -0.15) is 5.10 Å². The number of nitrogens with zero attached hydrogens (tertiary/aromatic N) is 2. The van der Waals surface area contributed by atoms with Crippen LogP contribution in [0.2, 0.25) is 0 Å². The van der Waals surface area contributed by atoms with Crippen molar-refractivity contribution in [2.24, 2.45) is 5.10 Å². The maximum atomic E-state index is 12.2. The highest BCUT2D eigenvalue weighted by Crippen LogP contribution is 2.12. The van der Waals surface area contributed by atoms with Crippen LogP contribution in [0.4, 0.5) is 5.69 Å². The summed E-state index contributed by atoms with van der Waals surface area (Å²) in [5.74, 6) is -0.474. The molecule has 0 saturated carbocycles. The third kappa shape index (κ3) is 4.30. The summed E-state index contributed by atoms with van der Waals surface area (Å²) in [7, 11) is 0. The van der Waals surface area contributed by atoms with E-state index in [9.17, 15) is 9.59 Å². The molecule has 130 valence electrons. The highest BCUT2D eigenvalue weighted by molar-refractivity contribution is 5.97. The van der Waals surface area contributed by atoms with Crippen LogP contribution in [0.5, 0.6) is 0 Å². The predicted octanol–water partition coefficient (Wildman–Crippen LogP) is 3.35. The first-order chi connectivity index (χ1) is 12.7. The molecule has 3 aromatic rings. The fourth-order valence-electron chi connectivity index (χ4n) is 2.36. The van der Waals surface area contributed by atoms with Crippen molar-refractivity contribution < 1.29 is 9.59 Å². The molecular formula is C20H18N4O2. The standard InChI is InChI=1S/C20H18N4O2/c1-2-19(25)23-16-8-5-7-15(12-16)20(26)24-21-13-17-11-10-14-6-3-4-9-18(14)22-17/h3-13H,2H2,1H3,(H,23,25)(H,24,26)/b21-13+. The number of benzene rings is 2. The van der Waals surface area contributed by atoms with Gasteiger partial charge in [-0.3, -0.25) is 9.59 Å². The Bertz CT molecular complexity index is 982. The van der Waals surface area contributed by atoms with Gasteiger partial charge in [0.2, 0.25) is 5.91 Å². The monoisotopic (exact) mass is 346 g/mol. The Hall–Kier alpha value is -3.54. The Morgan fingerprint density at radius 3 is 2.77 bits per heavy atom. The summed E-state index contributed by atoms with van der Waals surface area (Å²) in [5.41, 5.74) is 4.96. The average Bonchev–Trinajstić information content (AvgIpc) is 2.68. The first kappa shape index (κ1) is 17.3. The molecule has 3 rings (SSSR count).